The minimum Gasteiger partial charge on any atom is -0.449 e. The predicted molar refractivity (Wildman–Crippen MR) is 190 cm³/mol. The van der Waals surface area contributed by atoms with E-state index in [0.29, 0.717) is 24.8 Å². The summed E-state index contributed by atoms with van der Waals surface area (Å²) in [5, 5.41) is 10.4. The number of carbonyl (C=O) groups excluding carboxylic acids is 7. The standard InChI is InChI=1S/C37H56N6O8/c1-7-14-27(32(45)34(47)38-21-29(44)40-30(35(48)42(5)6)25-15-10-8-11-16-25)39-33(46)28-20-19-24(4)43(28)36(49)31(26-17-12-9-13-18-26)41-37(50)51-22-23(2)3/h8,10-11,15-16,23-24,26-28,30-31H,7,9,12-14,17-22H2,1-6H3,(H,38,47)(H,39,46)(H,40,44)(H,41,50)/t24-,27?,28-,30-,31-/m0/s1. The summed E-state index contributed by atoms with van der Waals surface area (Å²) in [6.07, 6.45) is 5.28. The van der Waals surface area contributed by atoms with E-state index in [0.717, 1.165) is 32.1 Å². The van der Waals surface area contributed by atoms with Gasteiger partial charge in [-0.05, 0) is 56.4 Å². The van der Waals surface area contributed by atoms with Crippen LogP contribution in [0.2, 0.25) is 0 Å². The minimum atomic E-state index is -1.19. The van der Waals surface area contributed by atoms with Crippen LogP contribution in [0.25, 0.3) is 0 Å². The number of hydrogen-bond donors (Lipinski definition) is 4. The van der Waals surface area contributed by atoms with Crippen LogP contribution in [0, 0.1) is 11.8 Å². The zero-order chi connectivity index (χ0) is 37.7. The monoisotopic (exact) mass is 712 g/mol. The summed E-state index contributed by atoms with van der Waals surface area (Å²) in [5.74, 6) is -3.96. The molecule has 0 aromatic heterocycles. The smallest absolute Gasteiger partial charge is 0.407 e. The van der Waals surface area contributed by atoms with Gasteiger partial charge in [-0.25, -0.2) is 4.79 Å². The lowest BCUT2D eigenvalue weighted by atomic mass is 9.83. The SMILES string of the molecule is CCCC(NC(=O)[C@@H]1CC[C@H](C)N1C(=O)[C@@H](NC(=O)OCC(C)C)C1CCCCC1)C(=O)C(=O)NCC(=O)N[C@H](C(=O)N(C)C)c1ccccc1. The third-order valence-electron chi connectivity index (χ3n) is 9.40. The number of carbonyl (C=O) groups is 7. The molecule has 2 fully saturated rings. The highest BCUT2D eigenvalue weighted by Gasteiger charge is 2.44. The summed E-state index contributed by atoms with van der Waals surface area (Å²) < 4.78 is 5.34. The number of hydrogen-bond acceptors (Lipinski definition) is 8. The average Bonchev–Trinajstić information content (AvgIpc) is 3.51. The van der Waals surface area contributed by atoms with Gasteiger partial charge in [0.15, 0.2) is 0 Å². The first-order valence-corrected chi connectivity index (χ1v) is 18.2. The van der Waals surface area contributed by atoms with E-state index < -0.39 is 60.3 Å². The van der Waals surface area contributed by atoms with Crippen LogP contribution in [-0.2, 0) is 33.5 Å². The maximum absolute atomic E-state index is 14.2. The number of benzene rings is 1. The van der Waals surface area contributed by atoms with Gasteiger partial charge in [0, 0.05) is 20.1 Å². The molecule has 6 amide bonds. The lowest BCUT2D eigenvalue weighted by molar-refractivity contribution is -0.144. The van der Waals surface area contributed by atoms with Crippen molar-refractivity contribution >= 4 is 41.4 Å². The molecule has 282 valence electrons. The predicted octanol–water partition coefficient (Wildman–Crippen LogP) is 2.61. The van der Waals surface area contributed by atoms with Crippen LogP contribution in [0.1, 0.15) is 97.1 Å². The van der Waals surface area contributed by atoms with Crippen LogP contribution < -0.4 is 21.3 Å². The van der Waals surface area contributed by atoms with Crippen molar-refractivity contribution in [3.8, 4) is 0 Å². The third kappa shape index (κ3) is 11.8. The molecule has 1 aliphatic carbocycles. The van der Waals surface area contributed by atoms with E-state index in [1.54, 1.807) is 51.4 Å². The first-order chi connectivity index (χ1) is 24.2. The summed E-state index contributed by atoms with van der Waals surface area (Å²) >= 11 is 0. The van der Waals surface area contributed by atoms with Gasteiger partial charge in [0.05, 0.1) is 19.2 Å². The van der Waals surface area contributed by atoms with Gasteiger partial charge in [0.25, 0.3) is 5.91 Å². The fourth-order valence-electron chi connectivity index (χ4n) is 6.67. The van der Waals surface area contributed by atoms with Crippen molar-refractivity contribution in [2.45, 2.75) is 116 Å². The summed E-state index contributed by atoms with van der Waals surface area (Å²) in [7, 11) is 3.12. The number of nitrogens with one attached hydrogen (secondary N) is 4. The van der Waals surface area contributed by atoms with E-state index in [-0.39, 0.29) is 42.7 Å². The molecule has 0 bridgehead atoms. The fraction of sp³-hybridized carbons (Fsp3) is 0.649. The zero-order valence-corrected chi connectivity index (χ0v) is 30.9. The summed E-state index contributed by atoms with van der Waals surface area (Å²) in [4.78, 5) is 95.4. The van der Waals surface area contributed by atoms with Gasteiger partial charge in [0.1, 0.15) is 18.1 Å². The number of ketones is 1. The van der Waals surface area contributed by atoms with Crippen LogP contribution >= 0.6 is 0 Å². The summed E-state index contributed by atoms with van der Waals surface area (Å²) in [5.41, 5.74) is 0.554. The normalized spacial score (nSPS) is 19.3. The Kier molecular flexibility index (Phi) is 15.9. The second kappa shape index (κ2) is 19.8. The first-order valence-electron chi connectivity index (χ1n) is 18.2. The molecule has 4 N–H and O–H groups in total. The molecular formula is C37H56N6O8. The van der Waals surface area contributed by atoms with Gasteiger partial charge in [-0.2, -0.15) is 0 Å². The molecule has 1 heterocycles. The molecule has 0 radical (unpaired) electrons. The molecular weight excluding hydrogens is 656 g/mol. The molecule has 1 aliphatic heterocycles. The van der Waals surface area contributed by atoms with E-state index >= 15 is 0 Å². The topological polar surface area (TPSA) is 183 Å². The summed E-state index contributed by atoms with van der Waals surface area (Å²) in [6.45, 7) is 7.12. The average molecular weight is 713 g/mol. The summed E-state index contributed by atoms with van der Waals surface area (Å²) in [6, 6.07) is 4.39. The third-order valence-corrected chi connectivity index (χ3v) is 9.40. The molecule has 3 rings (SSSR count). The number of amides is 6. The molecule has 1 saturated heterocycles. The Balaban J connectivity index is 1.68. The van der Waals surface area contributed by atoms with Crippen molar-refractivity contribution in [2.24, 2.45) is 11.8 Å². The highest BCUT2D eigenvalue weighted by Crippen LogP contribution is 2.31. The van der Waals surface area contributed by atoms with E-state index in [2.05, 4.69) is 21.3 Å². The number of ether oxygens (including phenoxy) is 1. The van der Waals surface area contributed by atoms with Gasteiger partial charge in [-0.15, -0.1) is 0 Å². The Bertz CT molecular complexity index is 1380. The number of Topliss-reactive ketones (excluding diaryl/α,β-unsaturated/α-hetero) is 1. The molecule has 1 aromatic carbocycles. The Morgan fingerprint density at radius 3 is 2.18 bits per heavy atom. The Hall–Kier alpha value is -4.49. The maximum atomic E-state index is 14.2. The molecule has 0 spiro atoms. The number of alkyl carbamates (subject to hydrolysis) is 1. The van der Waals surface area contributed by atoms with Gasteiger partial charge in [0.2, 0.25) is 29.4 Å². The largest absolute Gasteiger partial charge is 0.449 e. The van der Waals surface area contributed by atoms with Crippen LogP contribution in [-0.4, -0.2) is 103 Å². The van der Waals surface area contributed by atoms with Crippen molar-refractivity contribution in [3.05, 3.63) is 35.9 Å². The van der Waals surface area contributed by atoms with Crippen molar-refractivity contribution < 1.29 is 38.3 Å². The maximum Gasteiger partial charge on any atom is 0.407 e. The lowest BCUT2D eigenvalue weighted by Gasteiger charge is -2.36. The molecule has 5 atom stereocenters. The number of nitrogens with zero attached hydrogens (tertiary/aromatic N) is 2. The van der Waals surface area contributed by atoms with E-state index in [9.17, 15) is 33.6 Å². The molecule has 1 unspecified atom stereocenters. The highest BCUT2D eigenvalue weighted by atomic mass is 16.5. The lowest BCUT2D eigenvalue weighted by Crippen LogP contribution is -2.59. The van der Waals surface area contributed by atoms with Gasteiger partial charge in [-0.1, -0.05) is 76.8 Å². The van der Waals surface area contributed by atoms with Crippen molar-refractivity contribution in [1.29, 1.82) is 0 Å². The quantitative estimate of drug-likeness (QED) is 0.189. The second-order valence-electron chi connectivity index (χ2n) is 14.2. The molecule has 2 aliphatic rings. The van der Waals surface area contributed by atoms with E-state index in [1.807, 2.05) is 20.8 Å². The highest BCUT2D eigenvalue weighted by molar-refractivity contribution is 6.38. The van der Waals surface area contributed by atoms with Crippen molar-refractivity contribution in [3.63, 3.8) is 0 Å². The van der Waals surface area contributed by atoms with Crippen LogP contribution in [0.15, 0.2) is 30.3 Å². The van der Waals surface area contributed by atoms with Gasteiger partial charge in [-0.3, -0.25) is 28.8 Å². The molecule has 14 heteroatoms. The molecule has 1 saturated carbocycles. The van der Waals surface area contributed by atoms with Crippen LogP contribution in [0.4, 0.5) is 4.79 Å². The van der Waals surface area contributed by atoms with E-state index in [1.165, 1.54) is 9.80 Å². The van der Waals surface area contributed by atoms with Crippen LogP contribution in [0.5, 0.6) is 0 Å². The van der Waals surface area contributed by atoms with Gasteiger partial charge >= 0.3 is 6.09 Å². The molecule has 51 heavy (non-hydrogen) atoms. The zero-order valence-electron chi connectivity index (χ0n) is 30.9. The first kappa shape index (κ1) is 40.9. The minimum absolute atomic E-state index is 0.103. The molecule has 14 nitrogen and oxygen atoms in total. The fourth-order valence-corrected chi connectivity index (χ4v) is 6.67. The molecule has 1 aromatic rings. The Morgan fingerprint density at radius 1 is 0.902 bits per heavy atom. The number of likely N-dealkylation sites (N-methyl/N-ethyl adjacent to an activating group) is 1. The second-order valence-corrected chi connectivity index (χ2v) is 14.2. The van der Waals surface area contributed by atoms with Crippen molar-refractivity contribution in [2.75, 3.05) is 27.2 Å². The van der Waals surface area contributed by atoms with Crippen molar-refractivity contribution in [1.82, 2.24) is 31.1 Å². The van der Waals surface area contributed by atoms with Gasteiger partial charge < -0.3 is 35.8 Å². The number of rotatable bonds is 16. The van der Waals surface area contributed by atoms with E-state index in [4.69, 9.17) is 4.74 Å². The Morgan fingerprint density at radius 2 is 1.57 bits per heavy atom. The van der Waals surface area contributed by atoms with Crippen LogP contribution in [0.3, 0.4) is 0 Å². The number of likely N-dealkylation sites (tertiary alicyclic amines) is 1. The Labute approximate surface area is 301 Å².